The molecule has 1 unspecified atom stereocenters. The fourth-order valence-electron chi connectivity index (χ4n) is 2.37. The number of benzene rings is 1. The molecule has 1 nitrogen and oxygen atoms in total. The summed E-state index contributed by atoms with van der Waals surface area (Å²) in [6.07, 6.45) is 3.91. The van der Waals surface area contributed by atoms with Gasteiger partial charge in [0.15, 0.2) is 0 Å². The number of rotatable bonds is 7. The molecule has 0 saturated heterocycles. The Kier molecular flexibility index (Phi) is 5.54. The zero-order valence-corrected chi connectivity index (χ0v) is 11.1. The van der Waals surface area contributed by atoms with Crippen LogP contribution in [-0.4, -0.2) is 24.6 Å². The average molecular weight is 220 g/mol. The van der Waals surface area contributed by atoms with Crippen molar-refractivity contribution in [1.82, 2.24) is 0 Å². The van der Waals surface area contributed by atoms with Crippen LogP contribution < -0.4 is 0 Å². The van der Waals surface area contributed by atoms with Crippen LogP contribution in [0.4, 0.5) is 0 Å². The third-order valence-electron chi connectivity index (χ3n) is 3.22. The van der Waals surface area contributed by atoms with Crippen molar-refractivity contribution in [2.45, 2.75) is 39.7 Å². The van der Waals surface area contributed by atoms with Gasteiger partial charge in [0, 0.05) is 5.56 Å². The lowest BCUT2D eigenvalue weighted by molar-refractivity contribution is -0.922. The number of unbranched alkanes of at least 4 members (excludes halogenated alkanes) is 1. The molecule has 0 N–H and O–H groups in total. The zero-order chi connectivity index (χ0) is 11.9. The maximum Gasteiger partial charge on any atom is 0.104 e. The highest BCUT2D eigenvalue weighted by Gasteiger charge is 2.19. The summed E-state index contributed by atoms with van der Waals surface area (Å²) < 4.78 is 1.19. The Morgan fingerprint density at radius 1 is 0.938 bits per heavy atom. The molecule has 0 aromatic heterocycles. The predicted molar refractivity (Wildman–Crippen MR) is 71.3 cm³/mol. The van der Waals surface area contributed by atoms with Gasteiger partial charge in [-0.05, 0) is 12.8 Å². The first-order valence-corrected chi connectivity index (χ1v) is 6.57. The highest BCUT2D eigenvalue weighted by Crippen LogP contribution is 2.14. The minimum Gasteiger partial charge on any atom is -0.322 e. The third-order valence-corrected chi connectivity index (χ3v) is 3.22. The van der Waals surface area contributed by atoms with Crippen molar-refractivity contribution < 1.29 is 4.48 Å². The van der Waals surface area contributed by atoms with Crippen molar-refractivity contribution in [3.8, 4) is 0 Å². The van der Waals surface area contributed by atoms with Gasteiger partial charge in [-0.3, -0.25) is 0 Å². The third kappa shape index (κ3) is 4.36. The molecule has 0 aliphatic carbocycles. The van der Waals surface area contributed by atoms with E-state index in [2.05, 4.69) is 51.2 Å². The molecule has 0 spiro atoms. The Morgan fingerprint density at radius 3 is 2.19 bits per heavy atom. The Labute approximate surface area is 101 Å². The van der Waals surface area contributed by atoms with Crippen LogP contribution in [0, 0.1) is 0 Å². The van der Waals surface area contributed by atoms with E-state index in [9.17, 15) is 0 Å². The van der Waals surface area contributed by atoms with Crippen molar-refractivity contribution in [2.24, 2.45) is 0 Å². The lowest BCUT2D eigenvalue weighted by Crippen LogP contribution is -2.44. The summed E-state index contributed by atoms with van der Waals surface area (Å²) in [5, 5.41) is 0. The van der Waals surface area contributed by atoms with E-state index in [0.717, 1.165) is 0 Å². The van der Waals surface area contributed by atoms with E-state index in [4.69, 9.17) is 0 Å². The molecule has 0 aliphatic heterocycles. The summed E-state index contributed by atoms with van der Waals surface area (Å²) in [6, 6.07) is 10.9. The van der Waals surface area contributed by atoms with Crippen molar-refractivity contribution in [3.63, 3.8) is 0 Å². The van der Waals surface area contributed by atoms with E-state index in [-0.39, 0.29) is 0 Å². The molecule has 16 heavy (non-hydrogen) atoms. The van der Waals surface area contributed by atoms with Crippen LogP contribution in [0.3, 0.4) is 0 Å². The van der Waals surface area contributed by atoms with Crippen molar-refractivity contribution >= 4 is 0 Å². The van der Waals surface area contributed by atoms with Crippen LogP contribution in [0.2, 0.25) is 0 Å². The van der Waals surface area contributed by atoms with Gasteiger partial charge in [0.25, 0.3) is 0 Å². The Balaban J connectivity index is 2.62. The number of hydrogen-bond acceptors (Lipinski definition) is 0. The molecule has 1 aromatic rings. The first-order chi connectivity index (χ1) is 7.70. The molecule has 1 aromatic carbocycles. The molecule has 0 fully saturated rings. The maximum atomic E-state index is 2.40. The summed E-state index contributed by atoms with van der Waals surface area (Å²) >= 11 is 0. The number of quaternary nitrogens is 1. The lowest BCUT2D eigenvalue weighted by Gasteiger charge is -2.34. The number of hydrogen-bond donors (Lipinski definition) is 0. The molecular formula is C15H26N+. The monoisotopic (exact) mass is 220 g/mol. The normalized spacial score (nSPS) is 14.7. The summed E-state index contributed by atoms with van der Waals surface area (Å²) in [4.78, 5) is 0. The molecule has 1 atom stereocenters. The minimum absolute atomic E-state index is 1.18. The Morgan fingerprint density at radius 2 is 1.62 bits per heavy atom. The molecule has 90 valence electrons. The van der Waals surface area contributed by atoms with Crippen LogP contribution >= 0.6 is 0 Å². The van der Waals surface area contributed by atoms with Crippen LogP contribution in [0.1, 0.15) is 38.7 Å². The topological polar surface area (TPSA) is 0 Å². The van der Waals surface area contributed by atoms with Gasteiger partial charge < -0.3 is 4.48 Å². The van der Waals surface area contributed by atoms with E-state index in [0.29, 0.717) is 0 Å². The standard InChI is InChI=1S/C15H26N/c1-4-6-13-16(3,12-5-2)14-15-10-8-7-9-11-15/h7-11H,4-6,12-14H2,1-3H3/q+1. The quantitative estimate of drug-likeness (QED) is 0.612. The SMILES string of the molecule is CCCC[N+](C)(CCC)Cc1ccccc1. The first-order valence-electron chi connectivity index (χ1n) is 6.57. The molecule has 1 rings (SSSR count). The second-order valence-corrected chi connectivity index (χ2v) is 5.06. The van der Waals surface area contributed by atoms with Crippen molar-refractivity contribution in [3.05, 3.63) is 35.9 Å². The van der Waals surface area contributed by atoms with Gasteiger partial charge >= 0.3 is 0 Å². The molecule has 0 heterocycles. The maximum absolute atomic E-state index is 2.40. The van der Waals surface area contributed by atoms with Gasteiger partial charge in [-0.1, -0.05) is 50.6 Å². The van der Waals surface area contributed by atoms with Gasteiger partial charge in [0.1, 0.15) is 6.54 Å². The fourth-order valence-corrected chi connectivity index (χ4v) is 2.37. The number of nitrogens with zero attached hydrogens (tertiary/aromatic N) is 1. The van der Waals surface area contributed by atoms with Gasteiger partial charge in [-0.2, -0.15) is 0 Å². The lowest BCUT2D eigenvalue weighted by atomic mass is 10.1. The van der Waals surface area contributed by atoms with Crippen LogP contribution in [0.5, 0.6) is 0 Å². The molecule has 0 saturated carbocycles. The van der Waals surface area contributed by atoms with Crippen LogP contribution in [0.25, 0.3) is 0 Å². The van der Waals surface area contributed by atoms with Gasteiger partial charge in [0.2, 0.25) is 0 Å². The second kappa shape index (κ2) is 6.70. The van der Waals surface area contributed by atoms with Gasteiger partial charge in [-0.15, -0.1) is 0 Å². The molecule has 0 aliphatic rings. The van der Waals surface area contributed by atoms with E-state index < -0.39 is 0 Å². The zero-order valence-electron chi connectivity index (χ0n) is 11.1. The summed E-state index contributed by atoms with van der Waals surface area (Å²) in [6.45, 7) is 8.33. The minimum atomic E-state index is 1.18. The van der Waals surface area contributed by atoms with Crippen LogP contribution in [-0.2, 0) is 6.54 Å². The fraction of sp³-hybridized carbons (Fsp3) is 0.600. The van der Waals surface area contributed by atoms with E-state index in [1.54, 1.807) is 0 Å². The van der Waals surface area contributed by atoms with Crippen molar-refractivity contribution in [2.75, 3.05) is 20.1 Å². The van der Waals surface area contributed by atoms with Crippen molar-refractivity contribution in [1.29, 1.82) is 0 Å². The molecule has 0 bridgehead atoms. The summed E-state index contributed by atoms with van der Waals surface area (Å²) in [7, 11) is 2.40. The van der Waals surface area contributed by atoms with E-state index >= 15 is 0 Å². The second-order valence-electron chi connectivity index (χ2n) is 5.06. The van der Waals surface area contributed by atoms with Gasteiger partial charge in [0.05, 0.1) is 20.1 Å². The molecule has 0 radical (unpaired) electrons. The Bertz CT molecular complexity index is 281. The molecular weight excluding hydrogens is 194 g/mol. The van der Waals surface area contributed by atoms with E-state index in [1.807, 2.05) is 0 Å². The van der Waals surface area contributed by atoms with Gasteiger partial charge in [-0.25, -0.2) is 0 Å². The predicted octanol–water partition coefficient (Wildman–Crippen LogP) is 3.84. The molecule has 1 heteroatoms. The summed E-state index contributed by atoms with van der Waals surface area (Å²) in [5.41, 5.74) is 1.47. The molecule has 0 amide bonds. The highest BCUT2D eigenvalue weighted by molar-refractivity contribution is 5.13. The highest BCUT2D eigenvalue weighted by atomic mass is 15.3. The largest absolute Gasteiger partial charge is 0.322 e. The Hall–Kier alpha value is -0.820. The summed E-state index contributed by atoms with van der Waals surface area (Å²) in [5.74, 6) is 0. The first kappa shape index (κ1) is 13.2. The smallest absolute Gasteiger partial charge is 0.104 e. The average Bonchev–Trinajstić information content (AvgIpc) is 2.28. The van der Waals surface area contributed by atoms with E-state index in [1.165, 1.54) is 48.9 Å². The van der Waals surface area contributed by atoms with Crippen LogP contribution in [0.15, 0.2) is 30.3 Å².